The summed E-state index contributed by atoms with van der Waals surface area (Å²) in [5.41, 5.74) is 0.938. The van der Waals surface area contributed by atoms with E-state index in [1.54, 1.807) is 10.9 Å². The van der Waals surface area contributed by atoms with Gasteiger partial charge in [-0.1, -0.05) is 13.8 Å². The highest BCUT2D eigenvalue weighted by Gasteiger charge is 2.15. The molecule has 2 aromatic heterocycles. The van der Waals surface area contributed by atoms with Crippen molar-refractivity contribution in [1.82, 2.24) is 19.1 Å². The van der Waals surface area contributed by atoms with Crippen molar-refractivity contribution in [3.8, 4) is 6.01 Å². The van der Waals surface area contributed by atoms with Crippen LogP contribution < -0.4 is 10.3 Å². The molecule has 0 spiro atoms. The minimum Gasteiger partial charge on any atom is -0.468 e. The quantitative estimate of drug-likeness (QED) is 0.805. The summed E-state index contributed by atoms with van der Waals surface area (Å²) in [6.07, 6.45) is 3.47. The lowest BCUT2D eigenvalue weighted by Crippen LogP contribution is -2.24. The van der Waals surface area contributed by atoms with Gasteiger partial charge in [0.2, 0.25) is 0 Å². The molecule has 0 bridgehead atoms. The fraction of sp³-hybridized carbons (Fsp3) is 0.583. The van der Waals surface area contributed by atoms with E-state index in [9.17, 15) is 4.79 Å². The zero-order valence-corrected chi connectivity index (χ0v) is 11.0. The van der Waals surface area contributed by atoms with Crippen molar-refractivity contribution in [3.63, 3.8) is 0 Å². The number of fused-ring (bicyclic) bond motifs is 1. The van der Waals surface area contributed by atoms with Crippen LogP contribution in [0.3, 0.4) is 0 Å². The third kappa shape index (κ3) is 1.98. The molecule has 0 aliphatic rings. The maximum absolute atomic E-state index is 12.4. The van der Waals surface area contributed by atoms with Crippen molar-refractivity contribution in [3.05, 3.63) is 16.7 Å². The average molecular weight is 250 g/mol. The van der Waals surface area contributed by atoms with Crippen LogP contribution in [0.2, 0.25) is 0 Å². The molecule has 2 heterocycles. The van der Waals surface area contributed by atoms with E-state index in [4.69, 9.17) is 4.74 Å². The number of aryl methyl sites for hydroxylation is 1. The first-order chi connectivity index (χ1) is 8.72. The maximum atomic E-state index is 12.4. The highest BCUT2D eigenvalue weighted by Crippen LogP contribution is 2.12. The average Bonchev–Trinajstić information content (AvgIpc) is 2.76. The molecule has 0 aliphatic heterocycles. The summed E-state index contributed by atoms with van der Waals surface area (Å²) < 4.78 is 8.58. The summed E-state index contributed by atoms with van der Waals surface area (Å²) in [4.78, 5) is 20.9. The first-order valence-electron chi connectivity index (χ1n) is 6.22. The van der Waals surface area contributed by atoms with Gasteiger partial charge in [-0.15, -0.1) is 0 Å². The number of nitrogens with zero attached hydrogens (tertiary/aromatic N) is 4. The lowest BCUT2D eigenvalue weighted by atomic mass is 10.4. The van der Waals surface area contributed by atoms with E-state index in [1.165, 1.54) is 7.11 Å². The molecule has 0 saturated heterocycles. The Morgan fingerprint density at radius 1 is 1.28 bits per heavy atom. The van der Waals surface area contributed by atoms with Crippen molar-refractivity contribution in [2.45, 2.75) is 39.8 Å². The molecule has 2 aromatic rings. The Balaban J connectivity index is 2.70. The van der Waals surface area contributed by atoms with E-state index in [2.05, 4.69) is 16.9 Å². The van der Waals surface area contributed by atoms with Crippen LogP contribution in [0.4, 0.5) is 0 Å². The third-order valence-corrected chi connectivity index (χ3v) is 2.79. The van der Waals surface area contributed by atoms with Crippen LogP contribution in [0.25, 0.3) is 11.2 Å². The zero-order chi connectivity index (χ0) is 13.1. The van der Waals surface area contributed by atoms with E-state index < -0.39 is 0 Å². The molecule has 0 atom stereocenters. The van der Waals surface area contributed by atoms with Gasteiger partial charge in [0.1, 0.15) is 0 Å². The van der Waals surface area contributed by atoms with Crippen LogP contribution >= 0.6 is 0 Å². The SMILES string of the molecule is CCCn1c(OC)nc2ncn(CCC)c2c1=O. The number of aromatic nitrogens is 4. The molecule has 0 amide bonds. The molecule has 98 valence electrons. The number of rotatable bonds is 5. The van der Waals surface area contributed by atoms with Crippen LogP contribution in [0.5, 0.6) is 6.01 Å². The molecular formula is C12H18N4O2. The molecular weight excluding hydrogens is 232 g/mol. The van der Waals surface area contributed by atoms with Gasteiger partial charge in [-0.05, 0) is 12.8 Å². The first-order valence-corrected chi connectivity index (χ1v) is 6.22. The molecule has 2 rings (SSSR count). The number of hydrogen-bond donors (Lipinski definition) is 0. The van der Waals surface area contributed by atoms with E-state index in [0.29, 0.717) is 23.7 Å². The molecule has 6 nitrogen and oxygen atoms in total. The Labute approximate surface area is 105 Å². The Morgan fingerprint density at radius 2 is 2.00 bits per heavy atom. The van der Waals surface area contributed by atoms with Crippen LogP contribution in [0, 0.1) is 0 Å². The van der Waals surface area contributed by atoms with Crippen LogP contribution in [-0.4, -0.2) is 26.2 Å². The highest BCUT2D eigenvalue weighted by molar-refractivity contribution is 5.69. The second-order valence-electron chi connectivity index (χ2n) is 4.17. The maximum Gasteiger partial charge on any atom is 0.301 e. The summed E-state index contributed by atoms with van der Waals surface area (Å²) in [5.74, 6) is 0. The van der Waals surface area contributed by atoms with Gasteiger partial charge in [0.05, 0.1) is 13.4 Å². The fourth-order valence-electron chi connectivity index (χ4n) is 2.02. The lowest BCUT2D eigenvalue weighted by molar-refractivity contribution is 0.347. The van der Waals surface area contributed by atoms with Gasteiger partial charge < -0.3 is 9.30 Å². The summed E-state index contributed by atoms with van der Waals surface area (Å²) >= 11 is 0. The minimum absolute atomic E-state index is 0.0790. The van der Waals surface area contributed by atoms with Crippen LogP contribution in [0.15, 0.2) is 11.1 Å². The Hall–Kier alpha value is -1.85. The molecule has 0 radical (unpaired) electrons. The van der Waals surface area contributed by atoms with Crippen molar-refractivity contribution < 1.29 is 4.74 Å². The van der Waals surface area contributed by atoms with Crippen molar-refractivity contribution in [2.24, 2.45) is 0 Å². The van der Waals surface area contributed by atoms with Gasteiger partial charge >= 0.3 is 6.01 Å². The highest BCUT2D eigenvalue weighted by atomic mass is 16.5. The summed E-state index contributed by atoms with van der Waals surface area (Å²) in [5, 5.41) is 0. The zero-order valence-electron chi connectivity index (χ0n) is 11.0. The predicted molar refractivity (Wildman–Crippen MR) is 68.9 cm³/mol. The lowest BCUT2D eigenvalue weighted by Gasteiger charge is -2.10. The molecule has 6 heteroatoms. The van der Waals surface area contributed by atoms with Crippen molar-refractivity contribution >= 4 is 11.2 Å². The fourth-order valence-corrected chi connectivity index (χ4v) is 2.02. The standard InChI is InChI=1S/C12H18N4O2/c1-4-6-15-8-13-10-9(15)11(17)16(7-5-2)12(14-10)18-3/h8H,4-7H2,1-3H3. The van der Waals surface area contributed by atoms with Crippen molar-refractivity contribution in [2.75, 3.05) is 7.11 Å². The van der Waals surface area contributed by atoms with Gasteiger partial charge in [0.25, 0.3) is 5.56 Å². The normalized spacial score (nSPS) is 11.1. The Bertz CT molecular complexity index is 600. The number of methoxy groups -OCH3 is 1. The van der Waals surface area contributed by atoms with Crippen LogP contribution in [-0.2, 0) is 13.1 Å². The van der Waals surface area contributed by atoms with E-state index >= 15 is 0 Å². The molecule has 0 aromatic carbocycles. The smallest absolute Gasteiger partial charge is 0.301 e. The van der Waals surface area contributed by atoms with Gasteiger partial charge in [0, 0.05) is 13.1 Å². The molecule has 0 N–H and O–H groups in total. The van der Waals surface area contributed by atoms with Crippen molar-refractivity contribution in [1.29, 1.82) is 0 Å². The van der Waals surface area contributed by atoms with Gasteiger partial charge in [-0.3, -0.25) is 9.36 Å². The molecule has 18 heavy (non-hydrogen) atoms. The largest absolute Gasteiger partial charge is 0.468 e. The van der Waals surface area contributed by atoms with Gasteiger partial charge in [-0.25, -0.2) is 4.98 Å². The second kappa shape index (κ2) is 5.20. The van der Waals surface area contributed by atoms with E-state index in [1.807, 2.05) is 11.5 Å². The van der Waals surface area contributed by atoms with E-state index in [0.717, 1.165) is 19.4 Å². The molecule has 0 fully saturated rings. The van der Waals surface area contributed by atoms with Gasteiger partial charge in [-0.2, -0.15) is 4.98 Å². The topological polar surface area (TPSA) is 61.9 Å². The number of imidazole rings is 1. The molecule has 0 aliphatic carbocycles. The van der Waals surface area contributed by atoms with Gasteiger partial charge in [0.15, 0.2) is 11.2 Å². The monoisotopic (exact) mass is 250 g/mol. The van der Waals surface area contributed by atoms with Crippen LogP contribution in [0.1, 0.15) is 26.7 Å². The molecule has 0 unspecified atom stereocenters. The Morgan fingerprint density at radius 3 is 2.61 bits per heavy atom. The third-order valence-electron chi connectivity index (χ3n) is 2.79. The summed E-state index contributed by atoms with van der Waals surface area (Å²) in [6, 6.07) is 0.330. The molecule has 0 saturated carbocycles. The number of hydrogen-bond acceptors (Lipinski definition) is 4. The van der Waals surface area contributed by atoms with E-state index in [-0.39, 0.29) is 5.56 Å². The second-order valence-corrected chi connectivity index (χ2v) is 4.17. The predicted octanol–water partition coefficient (Wildman–Crippen LogP) is 1.42. The minimum atomic E-state index is -0.0790. The summed E-state index contributed by atoms with van der Waals surface area (Å²) in [6.45, 7) is 5.45. The first kappa shape index (κ1) is 12.6. The Kier molecular flexibility index (Phi) is 3.64. The number of ether oxygens (including phenoxy) is 1. The summed E-state index contributed by atoms with van der Waals surface area (Å²) in [7, 11) is 1.52.